The van der Waals surface area contributed by atoms with Crippen molar-refractivity contribution in [1.82, 2.24) is 9.88 Å². The molecule has 2 saturated heterocycles. The summed E-state index contributed by atoms with van der Waals surface area (Å²) in [5.74, 6) is 0.463. The van der Waals surface area contributed by atoms with Crippen molar-refractivity contribution in [2.24, 2.45) is 5.92 Å². The molecule has 144 valence electrons. The molecule has 5 nitrogen and oxygen atoms in total. The highest BCUT2D eigenvalue weighted by atomic mass is 32.1. The molecule has 0 atom stereocenters. The van der Waals surface area contributed by atoms with Crippen molar-refractivity contribution in [3.05, 3.63) is 53.4 Å². The van der Waals surface area contributed by atoms with E-state index < -0.39 is 0 Å². The van der Waals surface area contributed by atoms with Gasteiger partial charge in [-0.25, -0.2) is 4.98 Å². The summed E-state index contributed by atoms with van der Waals surface area (Å²) in [5, 5.41) is 2.95. The molecule has 0 aliphatic carbocycles. The number of nitrogens with zero attached hydrogens (tertiary/aromatic N) is 2. The first kappa shape index (κ1) is 17.8. The number of ether oxygens (including phenoxy) is 2. The summed E-state index contributed by atoms with van der Waals surface area (Å²) in [6.45, 7) is 2.83. The monoisotopic (exact) mass is 394 g/mol. The van der Waals surface area contributed by atoms with Crippen LogP contribution in [0.2, 0.25) is 0 Å². The molecule has 6 heteroatoms. The van der Waals surface area contributed by atoms with Crippen LogP contribution in [0.5, 0.6) is 0 Å². The summed E-state index contributed by atoms with van der Waals surface area (Å²) in [6.07, 6.45) is 1.73. The summed E-state index contributed by atoms with van der Waals surface area (Å²) >= 11 is 1.64. The van der Waals surface area contributed by atoms with Gasteiger partial charge in [0, 0.05) is 24.4 Å². The Morgan fingerprint density at radius 3 is 2.61 bits per heavy atom. The number of amides is 1. The number of hydrogen-bond donors (Lipinski definition) is 0. The number of carbonyl (C=O) groups excluding carboxylic acids is 1. The van der Waals surface area contributed by atoms with Crippen LogP contribution in [0.25, 0.3) is 21.5 Å². The molecule has 0 bridgehead atoms. The van der Waals surface area contributed by atoms with Gasteiger partial charge in [0.15, 0.2) is 6.29 Å². The highest BCUT2D eigenvalue weighted by molar-refractivity contribution is 7.13. The molecular formula is C22H22N2O3S. The van der Waals surface area contributed by atoms with Crippen LogP contribution in [-0.4, -0.2) is 48.4 Å². The van der Waals surface area contributed by atoms with Crippen LogP contribution in [0.4, 0.5) is 0 Å². The molecule has 1 amide bonds. The van der Waals surface area contributed by atoms with E-state index in [9.17, 15) is 4.79 Å². The van der Waals surface area contributed by atoms with Crippen molar-refractivity contribution < 1.29 is 14.3 Å². The van der Waals surface area contributed by atoms with E-state index in [2.05, 4.69) is 0 Å². The van der Waals surface area contributed by atoms with E-state index in [1.165, 1.54) is 0 Å². The van der Waals surface area contributed by atoms with Gasteiger partial charge in [0.2, 0.25) is 0 Å². The van der Waals surface area contributed by atoms with Crippen molar-refractivity contribution in [1.29, 1.82) is 0 Å². The second kappa shape index (κ2) is 7.62. The minimum Gasteiger partial charge on any atom is -0.350 e. The van der Waals surface area contributed by atoms with E-state index in [-0.39, 0.29) is 12.2 Å². The number of likely N-dealkylation sites (tertiary alicyclic amines) is 1. The zero-order valence-corrected chi connectivity index (χ0v) is 16.4. The normalized spacial score (nSPS) is 18.8. The third-order valence-electron chi connectivity index (χ3n) is 5.58. The Hall–Kier alpha value is -2.28. The van der Waals surface area contributed by atoms with Gasteiger partial charge in [0.05, 0.1) is 34.9 Å². The van der Waals surface area contributed by atoms with Crippen LogP contribution < -0.4 is 0 Å². The van der Waals surface area contributed by atoms with Crippen LogP contribution in [0.3, 0.4) is 0 Å². The minimum absolute atomic E-state index is 0.0862. The van der Waals surface area contributed by atoms with E-state index in [0.29, 0.717) is 19.1 Å². The number of hydrogen-bond acceptors (Lipinski definition) is 5. The fourth-order valence-corrected chi connectivity index (χ4v) is 4.78. The molecular weight excluding hydrogens is 372 g/mol. The second-order valence-corrected chi connectivity index (χ2v) is 8.24. The number of fused-ring (bicyclic) bond motifs is 1. The second-order valence-electron chi connectivity index (χ2n) is 7.29. The zero-order valence-electron chi connectivity index (χ0n) is 15.5. The first-order chi connectivity index (χ1) is 13.8. The van der Waals surface area contributed by atoms with E-state index in [1.54, 1.807) is 11.3 Å². The molecule has 0 saturated carbocycles. The Labute approximate surface area is 167 Å². The Morgan fingerprint density at radius 1 is 1.07 bits per heavy atom. The SMILES string of the molecule is O=C(c1cc(-c2cccs2)nc2ccccc12)N1CCC(C2OCCO2)CC1. The zero-order chi connectivity index (χ0) is 18.9. The van der Waals surface area contributed by atoms with Gasteiger partial charge in [0.1, 0.15) is 0 Å². The summed E-state index contributed by atoms with van der Waals surface area (Å²) < 4.78 is 11.3. The number of thiophene rings is 1. The third kappa shape index (κ3) is 3.32. The number of pyridine rings is 1. The van der Waals surface area contributed by atoms with Gasteiger partial charge in [-0.3, -0.25) is 4.79 Å². The van der Waals surface area contributed by atoms with Crippen LogP contribution in [0.1, 0.15) is 23.2 Å². The number of rotatable bonds is 3. The maximum absolute atomic E-state index is 13.4. The van der Waals surface area contributed by atoms with Crippen LogP contribution in [0, 0.1) is 5.92 Å². The maximum Gasteiger partial charge on any atom is 0.254 e. The smallest absolute Gasteiger partial charge is 0.254 e. The lowest BCUT2D eigenvalue weighted by atomic mass is 9.95. The topological polar surface area (TPSA) is 51.7 Å². The van der Waals surface area contributed by atoms with Gasteiger partial charge >= 0.3 is 0 Å². The predicted molar refractivity (Wildman–Crippen MR) is 109 cm³/mol. The molecule has 0 radical (unpaired) electrons. The first-order valence-electron chi connectivity index (χ1n) is 9.76. The Morgan fingerprint density at radius 2 is 1.86 bits per heavy atom. The van der Waals surface area contributed by atoms with E-state index in [4.69, 9.17) is 14.5 Å². The van der Waals surface area contributed by atoms with E-state index in [0.717, 1.165) is 53.0 Å². The summed E-state index contributed by atoms with van der Waals surface area (Å²) in [5.41, 5.74) is 2.46. The summed E-state index contributed by atoms with van der Waals surface area (Å²) in [4.78, 5) is 21.2. The number of piperidine rings is 1. The lowest BCUT2D eigenvalue weighted by Crippen LogP contribution is -2.41. The number of aromatic nitrogens is 1. The van der Waals surface area contributed by atoms with Gasteiger partial charge in [-0.05, 0) is 36.4 Å². The van der Waals surface area contributed by atoms with Crippen molar-refractivity contribution >= 4 is 28.1 Å². The summed E-state index contributed by atoms with van der Waals surface area (Å²) in [6, 6.07) is 13.9. The Bertz CT molecular complexity index is 975. The van der Waals surface area contributed by atoms with Crippen LogP contribution in [0.15, 0.2) is 47.8 Å². The predicted octanol–water partition coefficient (Wildman–Crippen LogP) is 4.19. The molecule has 0 unspecified atom stereocenters. The molecule has 2 aliphatic rings. The fraction of sp³-hybridized carbons (Fsp3) is 0.364. The average Bonchev–Trinajstić information content (AvgIpc) is 3.47. The standard InChI is InChI=1S/C22H22N2O3S/c25-21(24-9-7-15(8-10-24)22-26-11-12-27-22)17-14-19(20-6-3-13-28-20)23-18-5-2-1-4-16(17)18/h1-6,13-15,22H,7-12H2. The molecule has 3 aromatic rings. The highest BCUT2D eigenvalue weighted by Gasteiger charge is 2.32. The number of carbonyl (C=O) groups is 1. The lowest BCUT2D eigenvalue weighted by molar-refractivity contribution is -0.0956. The minimum atomic E-state index is -0.0931. The molecule has 2 aliphatic heterocycles. The van der Waals surface area contributed by atoms with Crippen LogP contribution >= 0.6 is 11.3 Å². The summed E-state index contributed by atoms with van der Waals surface area (Å²) in [7, 11) is 0. The van der Waals surface area contributed by atoms with Crippen molar-refractivity contribution in [2.75, 3.05) is 26.3 Å². The van der Waals surface area contributed by atoms with Gasteiger partial charge < -0.3 is 14.4 Å². The molecule has 0 N–H and O–H groups in total. The molecule has 4 heterocycles. The van der Waals surface area contributed by atoms with Crippen molar-refractivity contribution in [2.45, 2.75) is 19.1 Å². The molecule has 5 rings (SSSR count). The highest BCUT2D eigenvalue weighted by Crippen LogP contribution is 2.30. The van der Waals surface area contributed by atoms with E-state index in [1.807, 2.05) is 52.7 Å². The number of benzene rings is 1. The Balaban J connectivity index is 1.43. The van der Waals surface area contributed by atoms with E-state index >= 15 is 0 Å². The lowest BCUT2D eigenvalue weighted by Gasteiger charge is -2.34. The molecule has 1 aromatic carbocycles. The van der Waals surface area contributed by atoms with Gasteiger partial charge in [-0.2, -0.15) is 0 Å². The first-order valence-corrected chi connectivity index (χ1v) is 10.6. The molecule has 2 aromatic heterocycles. The van der Waals surface area contributed by atoms with Gasteiger partial charge in [0.25, 0.3) is 5.91 Å². The molecule has 2 fully saturated rings. The van der Waals surface area contributed by atoms with Crippen molar-refractivity contribution in [3.8, 4) is 10.6 Å². The molecule has 28 heavy (non-hydrogen) atoms. The molecule has 0 spiro atoms. The van der Waals surface area contributed by atoms with Gasteiger partial charge in [-0.1, -0.05) is 24.3 Å². The third-order valence-corrected chi connectivity index (χ3v) is 6.47. The average molecular weight is 394 g/mol. The van der Waals surface area contributed by atoms with Crippen molar-refractivity contribution in [3.63, 3.8) is 0 Å². The fourth-order valence-electron chi connectivity index (χ4n) is 4.10. The quantitative estimate of drug-likeness (QED) is 0.668. The number of para-hydroxylation sites is 1. The van der Waals surface area contributed by atoms with Gasteiger partial charge in [-0.15, -0.1) is 11.3 Å². The maximum atomic E-state index is 13.4. The Kier molecular flexibility index (Phi) is 4.84. The largest absolute Gasteiger partial charge is 0.350 e. The van der Waals surface area contributed by atoms with Crippen LogP contribution in [-0.2, 0) is 9.47 Å².